The van der Waals surface area contributed by atoms with Gasteiger partial charge in [-0.15, -0.1) is 11.3 Å². The zero-order chi connectivity index (χ0) is 14.4. The zero-order valence-corrected chi connectivity index (χ0v) is 12.7. The first-order valence-corrected chi connectivity index (χ1v) is 7.51. The molecule has 0 fully saturated rings. The van der Waals surface area contributed by atoms with E-state index in [0.717, 1.165) is 37.2 Å². The van der Waals surface area contributed by atoms with Gasteiger partial charge in [0.05, 0.1) is 7.11 Å². The third kappa shape index (κ3) is 3.68. The van der Waals surface area contributed by atoms with E-state index in [9.17, 15) is 4.79 Å². The van der Waals surface area contributed by atoms with Crippen LogP contribution in [0.5, 0.6) is 5.75 Å². The Morgan fingerprint density at radius 2 is 2.15 bits per heavy atom. The lowest BCUT2D eigenvalue weighted by atomic mass is 10.1. The average molecular weight is 289 g/mol. The summed E-state index contributed by atoms with van der Waals surface area (Å²) in [5, 5.41) is 2.09. The van der Waals surface area contributed by atoms with Gasteiger partial charge < -0.3 is 4.74 Å². The van der Waals surface area contributed by atoms with Crippen LogP contribution in [0.25, 0.3) is 0 Å². The highest BCUT2D eigenvalue weighted by Crippen LogP contribution is 2.22. The van der Waals surface area contributed by atoms with Crippen LogP contribution in [-0.2, 0) is 13.1 Å². The van der Waals surface area contributed by atoms with E-state index in [0.29, 0.717) is 5.56 Å². The van der Waals surface area contributed by atoms with Crippen LogP contribution in [0, 0.1) is 0 Å². The molecular weight excluding hydrogens is 270 g/mol. The summed E-state index contributed by atoms with van der Waals surface area (Å²) in [7, 11) is 1.66. The molecule has 2 aromatic rings. The summed E-state index contributed by atoms with van der Waals surface area (Å²) >= 11 is 1.77. The molecule has 0 radical (unpaired) electrons. The summed E-state index contributed by atoms with van der Waals surface area (Å²) in [6.45, 7) is 4.79. The molecule has 1 aromatic carbocycles. The van der Waals surface area contributed by atoms with Crippen LogP contribution >= 0.6 is 11.3 Å². The van der Waals surface area contributed by atoms with Gasteiger partial charge in [-0.2, -0.15) is 0 Å². The Balaban J connectivity index is 2.15. The predicted octanol–water partition coefficient (Wildman–Crippen LogP) is 3.59. The third-order valence-corrected chi connectivity index (χ3v) is 4.10. The summed E-state index contributed by atoms with van der Waals surface area (Å²) in [6, 6.07) is 9.76. The van der Waals surface area contributed by atoms with Crippen LogP contribution in [0.4, 0.5) is 0 Å². The minimum absolute atomic E-state index is 0.688. The van der Waals surface area contributed by atoms with E-state index in [2.05, 4.69) is 29.3 Å². The molecule has 0 unspecified atom stereocenters. The molecular formula is C16H19NO2S. The Kier molecular flexibility index (Phi) is 5.32. The Bertz CT molecular complexity index is 552. The Morgan fingerprint density at radius 1 is 1.30 bits per heavy atom. The number of benzene rings is 1. The molecule has 106 valence electrons. The van der Waals surface area contributed by atoms with Crippen LogP contribution < -0.4 is 4.74 Å². The largest absolute Gasteiger partial charge is 0.496 e. The number of thiophene rings is 1. The van der Waals surface area contributed by atoms with Crippen molar-refractivity contribution in [3.63, 3.8) is 0 Å². The molecule has 0 amide bonds. The normalized spacial score (nSPS) is 10.8. The van der Waals surface area contributed by atoms with Gasteiger partial charge in [-0.25, -0.2) is 0 Å². The van der Waals surface area contributed by atoms with E-state index in [-0.39, 0.29) is 0 Å². The van der Waals surface area contributed by atoms with Gasteiger partial charge in [0.15, 0.2) is 0 Å². The van der Waals surface area contributed by atoms with E-state index in [4.69, 9.17) is 4.74 Å². The van der Waals surface area contributed by atoms with E-state index >= 15 is 0 Å². The fourth-order valence-electron chi connectivity index (χ4n) is 2.14. The highest BCUT2D eigenvalue weighted by Gasteiger charge is 2.10. The van der Waals surface area contributed by atoms with E-state index in [1.54, 1.807) is 24.5 Å². The fourth-order valence-corrected chi connectivity index (χ4v) is 2.88. The SMILES string of the molecule is CCN(Cc1cccs1)Cc1cc(C=O)ccc1OC. The first kappa shape index (κ1) is 14.8. The number of hydrogen-bond acceptors (Lipinski definition) is 4. The second kappa shape index (κ2) is 7.22. The average Bonchev–Trinajstić information content (AvgIpc) is 2.99. The Labute approximate surface area is 123 Å². The lowest BCUT2D eigenvalue weighted by Crippen LogP contribution is -2.22. The molecule has 0 spiro atoms. The smallest absolute Gasteiger partial charge is 0.150 e. The molecule has 20 heavy (non-hydrogen) atoms. The molecule has 0 bridgehead atoms. The first-order chi connectivity index (χ1) is 9.76. The fraction of sp³-hybridized carbons (Fsp3) is 0.312. The number of carbonyl (C=O) groups excluding carboxylic acids is 1. The molecule has 0 saturated carbocycles. The van der Waals surface area contributed by atoms with E-state index < -0.39 is 0 Å². The van der Waals surface area contributed by atoms with Gasteiger partial charge in [0.1, 0.15) is 12.0 Å². The molecule has 2 rings (SSSR count). The summed E-state index contributed by atoms with van der Waals surface area (Å²) in [4.78, 5) is 14.6. The van der Waals surface area contributed by atoms with Crippen molar-refractivity contribution < 1.29 is 9.53 Å². The van der Waals surface area contributed by atoms with Crippen LogP contribution in [-0.4, -0.2) is 24.8 Å². The van der Waals surface area contributed by atoms with Gasteiger partial charge in [0.25, 0.3) is 0 Å². The van der Waals surface area contributed by atoms with Crippen molar-refractivity contribution in [2.24, 2.45) is 0 Å². The van der Waals surface area contributed by atoms with Gasteiger partial charge in [0.2, 0.25) is 0 Å². The lowest BCUT2D eigenvalue weighted by Gasteiger charge is -2.21. The Morgan fingerprint density at radius 3 is 2.75 bits per heavy atom. The van der Waals surface area contributed by atoms with Crippen molar-refractivity contribution in [3.8, 4) is 5.75 Å². The van der Waals surface area contributed by atoms with Gasteiger partial charge in [0, 0.05) is 29.1 Å². The number of carbonyl (C=O) groups is 1. The molecule has 1 aromatic heterocycles. The molecule has 0 aliphatic heterocycles. The van der Waals surface area contributed by atoms with Crippen molar-refractivity contribution in [3.05, 3.63) is 51.7 Å². The molecule has 1 heterocycles. The van der Waals surface area contributed by atoms with Crippen molar-refractivity contribution in [1.29, 1.82) is 0 Å². The van der Waals surface area contributed by atoms with Crippen LogP contribution in [0.3, 0.4) is 0 Å². The number of aldehydes is 1. The summed E-state index contributed by atoms with van der Waals surface area (Å²) in [5.74, 6) is 0.834. The Hall–Kier alpha value is -1.65. The highest BCUT2D eigenvalue weighted by atomic mass is 32.1. The second-order valence-corrected chi connectivity index (χ2v) is 5.60. The van der Waals surface area contributed by atoms with Gasteiger partial charge in [-0.3, -0.25) is 9.69 Å². The summed E-state index contributed by atoms with van der Waals surface area (Å²) in [5.41, 5.74) is 1.74. The molecule has 0 saturated heterocycles. The highest BCUT2D eigenvalue weighted by molar-refractivity contribution is 7.09. The van der Waals surface area contributed by atoms with Gasteiger partial charge in [-0.1, -0.05) is 13.0 Å². The van der Waals surface area contributed by atoms with E-state index in [1.165, 1.54) is 4.88 Å². The zero-order valence-electron chi connectivity index (χ0n) is 11.8. The van der Waals surface area contributed by atoms with Crippen molar-refractivity contribution in [2.45, 2.75) is 20.0 Å². The molecule has 0 aliphatic rings. The first-order valence-electron chi connectivity index (χ1n) is 6.63. The maximum Gasteiger partial charge on any atom is 0.150 e. The number of ether oxygens (including phenoxy) is 1. The minimum atomic E-state index is 0.688. The number of rotatable bonds is 7. The second-order valence-electron chi connectivity index (χ2n) is 4.57. The van der Waals surface area contributed by atoms with Crippen molar-refractivity contribution in [2.75, 3.05) is 13.7 Å². The minimum Gasteiger partial charge on any atom is -0.496 e. The third-order valence-electron chi connectivity index (χ3n) is 3.24. The maximum absolute atomic E-state index is 10.9. The van der Waals surface area contributed by atoms with Crippen LogP contribution in [0.15, 0.2) is 35.7 Å². The molecule has 0 aliphatic carbocycles. The predicted molar refractivity (Wildman–Crippen MR) is 82.5 cm³/mol. The molecule has 0 atom stereocenters. The molecule has 0 N–H and O–H groups in total. The van der Waals surface area contributed by atoms with E-state index in [1.807, 2.05) is 12.1 Å². The van der Waals surface area contributed by atoms with Crippen molar-refractivity contribution >= 4 is 17.6 Å². The molecule has 4 heteroatoms. The quantitative estimate of drug-likeness (QED) is 0.730. The van der Waals surface area contributed by atoms with Gasteiger partial charge >= 0.3 is 0 Å². The standard InChI is InChI=1S/C16H19NO2S/c1-3-17(11-15-5-4-8-20-15)10-14-9-13(12-18)6-7-16(14)19-2/h4-9,12H,3,10-11H2,1-2H3. The topological polar surface area (TPSA) is 29.5 Å². The number of nitrogens with zero attached hydrogens (tertiary/aromatic N) is 1. The van der Waals surface area contributed by atoms with Crippen molar-refractivity contribution in [1.82, 2.24) is 4.90 Å². The monoisotopic (exact) mass is 289 g/mol. The lowest BCUT2D eigenvalue weighted by molar-refractivity contribution is 0.112. The number of methoxy groups -OCH3 is 1. The summed E-state index contributed by atoms with van der Waals surface area (Å²) in [6.07, 6.45) is 0.874. The number of hydrogen-bond donors (Lipinski definition) is 0. The maximum atomic E-state index is 10.9. The molecule has 3 nitrogen and oxygen atoms in total. The van der Waals surface area contributed by atoms with Gasteiger partial charge in [-0.05, 0) is 36.2 Å². The summed E-state index contributed by atoms with van der Waals surface area (Å²) < 4.78 is 5.39. The van der Waals surface area contributed by atoms with Crippen LogP contribution in [0.1, 0.15) is 27.7 Å². The van der Waals surface area contributed by atoms with Crippen LogP contribution in [0.2, 0.25) is 0 Å².